The molecular formula is C20H15NO6. The molecule has 0 spiro atoms. The maximum absolute atomic E-state index is 13.1. The molecule has 27 heavy (non-hydrogen) atoms. The van der Waals surface area contributed by atoms with Gasteiger partial charge in [-0.3, -0.25) is 14.4 Å². The smallest absolute Gasteiger partial charge is 0.251 e. The van der Waals surface area contributed by atoms with Gasteiger partial charge in [-0.05, 0) is 24.4 Å². The number of hydrogen-bond acceptors (Lipinski definition) is 6. The van der Waals surface area contributed by atoms with Crippen molar-refractivity contribution in [2.24, 2.45) is 0 Å². The van der Waals surface area contributed by atoms with E-state index >= 15 is 0 Å². The zero-order valence-electron chi connectivity index (χ0n) is 14.3. The Morgan fingerprint density at radius 1 is 0.963 bits per heavy atom. The SMILES string of the molecule is Cc1c2c(cc(=O)n1CCO)C(=O)c1cc3cccc(O)c3c(O)c1C2=O. The Balaban J connectivity index is 2.10. The van der Waals surface area contributed by atoms with E-state index in [1.54, 1.807) is 12.1 Å². The normalized spacial score (nSPS) is 13.0. The van der Waals surface area contributed by atoms with Crippen LogP contribution in [-0.4, -0.2) is 38.1 Å². The lowest BCUT2D eigenvalue weighted by atomic mass is 9.81. The third-order valence-corrected chi connectivity index (χ3v) is 4.95. The summed E-state index contributed by atoms with van der Waals surface area (Å²) in [6.45, 7) is 1.19. The zero-order chi connectivity index (χ0) is 19.5. The minimum Gasteiger partial charge on any atom is -0.507 e. The maximum Gasteiger partial charge on any atom is 0.251 e. The molecule has 4 rings (SSSR count). The van der Waals surface area contributed by atoms with E-state index in [2.05, 4.69) is 0 Å². The molecule has 0 saturated carbocycles. The predicted octanol–water partition coefficient (Wildman–Crippen LogP) is 1.49. The molecule has 3 aromatic rings. The van der Waals surface area contributed by atoms with E-state index in [4.69, 9.17) is 5.11 Å². The standard InChI is InChI=1S/C20H15NO6/c1-9-15-12(8-14(24)21(9)5-6-22)18(25)11-7-10-3-2-4-13(23)16(10)20(27)17(11)19(15)26/h2-4,7-8,22-23,27H,5-6H2,1H3. The zero-order valence-corrected chi connectivity index (χ0v) is 14.3. The van der Waals surface area contributed by atoms with Gasteiger partial charge in [0, 0.05) is 29.4 Å². The molecule has 0 fully saturated rings. The molecule has 0 amide bonds. The highest BCUT2D eigenvalue weighted by atomic mass is 16.3. The maximum atomic E-state index is 13.1. The number of carbonyl (C=O) groups excluding carboxylic acids is 2. The number of phenolic OH excluding ortho intramolecular Hbond substituents is 2. The lowest BCUT2D eigenvalue weighted by molar-refractivity contribution is 0.0975. The largest absolute Gasteiger partial charge is 0.507 e. The molecule has 7 heteroatoms. The van der Waals surface area contributed by atoms with Crippen LogP contribution in [-0.2, 0) is 6.54 Å². The summed E-state index contributed by atoms with van der Waals surface area (Å²) in [4.78, 5) is 38.4. The van der Waals surface area contributed by atoms with Crippen molar-refractivity contribution in [2.75, 3.05) is 6.61 Å². The Labute approximate surface area is 152 Å². The number of rotatable bonds is 2. The van der Waals surface area contributed by atoms with Crippen LogP contribution in [0.15, 0.2) is 35.1 Å². The highest BCUT2D eigenvalue weighted by Gasteiger charge is 2.36. The van der Waals surface area contributed by atoms with Gasteiger partial charge in [0.25, 0.3) is 5.56 Å². The van der Waals surface area contributed by atoms with Crippen molar-refractivity contribution in [1.29, 1.82) is 0 Å². The Bertz CT molecular complexity index is 1220. The molecule has 1 aromatic heterocycles. The fourth-order valence-electron chi connectivity index (χ4n) is 3.71. The number of phenols is 2. The van der Waals surface area contributed by atoms with Crippen molar-refractivity contribution in [3.63, 3.8) is 0 Å². The highest BCUT2D eigenvalue weighted by Crippen LogP contribution is 2.41. The molecular weight excluding hydrogens is 350 g/mol. The number of benzene rings is 2. The Morgan fingerprint density at radius 2 is 1.67 bits per heavy atom. The van der Waals surface area contributed by atoms with E-state index in [9.17, 15) is 24.6 Å². The van der Waals surface area contributed by atoms with Crippen LogP contribution in [0.4, 0.5) is 0 Å². The van der Waals surface area contributed by atoms with E-state index in [-0.39, 0.29) is 52.2 Å². The average molecular weight is 365 g/mol. The van der Waals surface area contributed by atoms with Crippen molar-refractivity contribution < 1.29 is 24.9 Å². The summed E-state index contributed by atoms with van der Waals surface area (Å²) in [7, 11) is 0. The van der Waals surface area contributed by atoms with Crippen LogP contribution in [0.25, 0.3) is 10.8 Å². The van der Waals surface area contributed by atoms with E-state index in [0.29, 0.717) is 5.39 Å². The lowest BCUT2D eigenvalue weighted by Gasteiger charge is -2.23. The second-order valence-corrected chi connectivity index (χ2v) is 6.41. The van der Waals surface area contributed by atoms with E-state index < -0.39 is 22.9 Å². The Kier molecular flexibility index (Phi) is 3.64. The molecule has 7 nitrogen and oxygen atoms in total. The second kappa shape index (κ2) is 5.78. The van der Waals surface area contributed by atoms with Crippen LogP contribution in [0, 0.1) is 6.92 Å². The summed E-state index contributed by atoms with van der Waals surface area (Å²) in [5, 5.41) is 30.4. The van der Waals surface area contributed by atoms with E-state index in [1.807, 2.05) is 0 Å². The first kappa shape index (κ1) is 17.0. The number of aliphatic hydroxyl groups is 1. The number of aliphatic hydroxyl groups excluding tert-OH is 1. The topological polar surface area (TPSA) is 117 Å². The molecule has 1 heterocycles. The van der Waals surface area contributed by atoms with Crippen LogP contribution < -0.4 is 5.56 Å². The van der Waals surface area contributed by atoms with Crippen molar-refractivity contribution >= 4 is 22.3 Å². The third kappa shape index (κ3) is 2.22. The van der Waals surface area contributed by atoms with Gasteiger partial charge in [0.1, 0.15) is 11.5 Å². The van der Waals surface area contributed by atoms with E-state index in [0.717, 1.165) is 6.07 Å². The minimum atomic E-state index is -0.605. The summed E-state index contributed by atoms with van der Waals surface area (Å²) >= 11 is 0. The first-order chi connectivity index (χ1) is 12.9. The predicted molar refractivity (Wildman–Crippen MR) is 96.7 cm³/mol. The summed E-state index contributed by atoms with van der Waals surface area (Å²) in [5.74, 6) is -1.83. The van der Waals surface area contributed by atoms with Crippen molar-refractivity contribution in [3.05, 3.63) is 68.6 Å². The monoisotopic (exact) mass is 365 g/mol. The molecule has 136 valence electrons. The van der Waals surface area contributed by atoms with Gasteiger partial charge in [-0.1, -0.05) is 12.1 Å². The van der Waals surface area contributed by atoms with Crippen LogP contribution in [0.3, 0.4) is 0 Å². The third-order valence-electron chi connectivity index (χ3n) is 4.95. The van der Waals surface area contributed by atoms with Gasteiger partial charge in [0.15, 0.2) is 11.6 Å². The number of aromatic hydroxyl groups is 2. The molecule has 3 N–H and O–H groups in total. The molecule has 1 aliphatic rings. The number of ketones is 2. The fraction of sp³-hybridized carbons (Fsp3) is 0.150. The van der Waals surface area contributed by atoms with Gasteiger partial charge < -0.3 is 19.9 Å². The van der Waals surface area contributed by atoms with Crippen LogP contribution in [0.2, 0.25) is 0 Å². The molecule has 0 bridgehead atoms. The number of pyridine rings is 1. The number of aromatic nitrogens is 1. The number of hydrogen-bond donors (Lipinski definition) is 3. The van der Waals surface area contributed by atoms with Gasteiger partial charge in [0.05, 0.1) is 23.1 Å². The van der Waals surface area contributed by atoms with Gasteiger partial charge in [-0.25, -0.2) is 0 Å². The summed E-state index contributed by atoms with van der Waals surface area (Å²) in [6, 6.07) is 7.06. The van der Waals surface area contributed by atoms with Gasteiger partial charge in [-0.15, -0.1) is 0 Å². The van der Waals surface area contributed by atoms with Crippen LogP contribution in [0.1, 0.15) is 37.5 Å². The Hall–Kier alpha value is -3.45. The van der Waals surface area contributed by atoms with Crippen LogP contribution in [0.5, 0.6) is 11.5 Å². The fourth-order valence-corrected chi connectivity index (χ4v) is 3.71. The molecule has 1 aliphatic carbocycles. The van der Waals surface area contributed by atoms with Gasteiger partial charge in [-0.2, -0.15) is 0 Å². The molecule has 0 unspecified atom stereocenters. The van der Waals surface area contributed by atoms with Crippen molar-refractivity contribution in [2.45, 2.75) is 13.5 Å². The first-order valence-electron chi connectivity index (χ1n) is 8.29. The summed E-state index contributed by atoms with van der Waals surface area (Å²) < 4.78 is 1.21. The van der Waals surface area contributed by atoms with Gasteiger partial charge >= 0.3 is 0 Å². The molecule has 0 aliphatic heterocycles. The number of fused-ring (bicyclic) bond motifs is 3. The second-order valence-electron chi connectivity index (χ2n) is 6.41. The first-order valence-corrected chi connectivity index (χ1v) is 8.29. The summed E-state index contributed by atoms with van der Waals surface area (Å²) in [6.07, 6.45) is 0. The lowest BCUT2D eigenvalue weighted by Crippen LogP contribution is -2.32. The molecule has 0 saturated heterocycles. The average Bonchev–Trinajstić information content (AvgIpc) is 2.62. The summed E-state index contributed by atoms with van der Waals surface area (Å²) in [5.41, 5.74) is -0.464. The van der Waals surface area contributed by atoms with E-state index in [1.165, 1.54) is 23.6 Å². The number of carbonyl (C=O) groups is 2. The molecule has 0 radical (unpaired) electrons. The quantitative estimate of drug-likeness (QED) is 0.495. The van der Waals surface area contributed by atoms with Gasteiger partial charge in [0.2, 0.25) is 0 Å². The molecule has 0 atom stereocenters. The van der Waals surface area contributed by atoms with Crippen molar-refractivity contribution in [1.82, 2.24) is 4.57 Å². The number of nitrogens with zero attached hydrogens (tertiary/aromatic N) is 1. The van der Waals surface area contributed by atoms with Crippen LogP contribution >= 0.6 is 0 Å². The highest BCUT2D eigenvalue weighted by molar-refractivity contribution is 6.31. The van der Waals surface area contributed by atoms with Crippen molar-refractivity contribution in [3.8, 4) is 11.5 Å². The Morgan fingerprint density at radius 3 is 2.37 bits per heavy atom. The minimum absolute atomic E-state index is 0.0122. The molecule has 2 aromatic carbocycles.